The summed E-state index contributed by atoms with van der Waals surface area (Å²) >= 11 is 0. The van der Waals surface area contributed by atoms with Gasteiger partial charge in [0, 0.05) is 18.8 Å². The number of fused-ring (bicyclic) bond motifs is 1. The first-order valence-corrected chi connectivity index (χ1v) is 10.0. The molecule has 2 amide bonds. The van der Waals surface area contributed by atoms with E-state index >= 15 is 0 Å². The zero-order valence-electron chi connectivity index (χ0n) is 17.0. The molecule has 158 valence electrons. The van der Waals surface area contributed by atoms with E-state index in [2.05, 4.69) is 11.4 Å². The molecule has 0 saturated carbocycles. The Morgan fingerprint density at radius 3 is 2.45 bits per heavy atom. The number of carbonyl (C=O) groups is 3. The quantitative estimate of drug-likeness (QED) is 0.639. The van der Waals surface area contributed by atoms with E-state index in [1.165, 1.54) is 24.0 Å². The standard InChI is InChI=1S/C24H22N2O5/c1-16(23(28)26-13-12-17-5-2-3-6-19(17)15-26)31-24(29)18-8-10-20(11-9-18)25-22(27)21-7-4-14-30-21/h2-11,14,16H,12-13,15H2,1H3,(H,25,27). The van der Waals surface area contributed by atoms with Crippen molar-refractivity contribution in [3.8, 4) is 0 Å². The SMILES string of the molecule is CC(OC(=O)c1ccc(NC(=O)c2ccco2)cc1)C(=O)N1CCc2ccccc2C1. The van der Waals surface area contributed by atoms with Crippen LogP contribution in [0.2, 0.25) is 0 Å². The fraction of sp³-hybridized carbons (Fsp3) is 0.208. The molecule has 1 aliphatic rings. The van der Waals surface area contributed by atoms with Crippen LogP contribution in [0.15, 0.2) is 71.3 Å². The summed E-state index contributed by atoms with van der Waals surface area (Å²) in [6, 6.07) is 17.5. The predicted octanol–water partition coefficient (Wildman–Crippen LogP) is 3.66. The summed E-state index contributed by atoms with van der Waals surface area (Å²) in [6.45, 7) is 2.70. The second kappa shape index (κ2) is 8.87. The van der Waals surface area contributed by atoms with Crippen molar-refractivity contribution in [1.82, 2.24) is 4.90 Å². The smallest absolute Gasteiger partial charge is 0.338 e. The number of hydrogen-bond acceptors (Lipinski definition) is 5. The molecular formula is C24H22N2O5. The number of carbonyl (C=O) groups excluding carboxylic acids is 3. The molecule has 0 bridgehead atoms. The van der Waals surface area contributed by atoms with Crippen LogP contribution in [-0.4, -0.2) is 35.3 Å². The van der Waals surface area contributed by atoms with E-state index < -0.39 is 12.1 Å². The monoisotopic (exact) mass is 418 g/mol. The molecule has 1 aliphatic heterocycles. The minimum absolute atomic E-state index is 0.191. The first-order chi connectivity index (χ1) is 15.0. The van der Waals surface area contributed by atoms with Crippen LogP contribution in [0.3, 0.4) is 0 Å². The molecule has 2 aromatic carbocycles. The molecule has 0 radical (unpaired) electrons. The van der Waals surface area contributed by atoms with E-state index in [9.17, 15) is 14.4 Å². The molecule has 2 heterocycles. The van der Waals surface area contributed by atoms with Crippen molar-refractivity contribution in [3.05, 3.63) is 89.4 Å². The van der Waals surface area contributed by atoms with Crippen molar-refractivity contribution >= 4 is 23.5 Å². The van der Waals surface area contributed by atoms with Crippen LogP contribution < -0.4 is 5.32 Å². The molecule has 0 aliphatic carbocycles. The molecule has 3 aromatic rings. The number of anilines is 1. The van der Waals surface area contributed by atoms with Crippen LogP contribution in [0, 0.1) is 0 Å². The van der Waals surface area contributed by atoms with E-state index in [1.54, 1.807) is 36.1 Å². The van der Waals surface area contributed by atoms with Crippen molar-refractivity contribution in [1.29, 1.82) is 0 Å². The van der Waals surface area contributed by atoms with Gasteiger partial charge < -0.3 is 19.4 Å². The second-order valence-corrected chi connectivity index (χ2v) is 7.33. The molecule has 0 saturated heterocycles. The highest BCUT2D eigenvalue weighted by molar-refractivity contribution is 6.02. The highest BCUT2D eigenvalue weighted by Gasteiger charge is 2.27. The van der Waals surface area contributed by atoms with Crippen molar-refractivity contribution < 1.29 is 23.5 Å². The summed E-state index contributed by atoms with van der Waals surface area (Å²) in [5, 5.41) is 2.68. The van der Waals surface area contributed by atoms with Crippen molar-refractivity contribution in [2.75, 3.05) is 11.9 Å². The number of benzene rings is 2. The van der Waals surface area contributed by atoms with Crippen molar-refractivity contribution in [2.45, 2.75) is 26.0 Å². The Morgan fingerprint density at radius 1 is 1.00 bits per heavy atom. The maximum Gasteiger partial charge on any atom is 0.338 e. The van der Waals surface area contributed by atoms with Crippen molar-refractivity contribution in [2.24, 2.45) is 0 Å². The number of rotatable bonds is 5. The van der Waals surface area contributed by atoms with E-state index in [0.29, 0.717) is 24.3 Å². The topological polar surface area (TPSA) is 88.8 Å². The molecule has 7 heteroatoms. The van der Waals surface area contributed by atoms with Gasteiger partial charge >= 0.3 is 5.97 Å². The number of ether oxygens (including phenoxy) is 1. The highest BCUT2D eigenvalue weighted by atomic mass is 16.5. The lowest BCUT2D eigenvalue weighted by molar-refractivity contribution is -0.140. The van der Waals surface area contributed by atoms with Gasteiger partial charge in [0.15, 0.2) is 11.9 Å². The predicted molar refractivity (Wildman–Crippen MR) is 114 cm³/mol. The fourth-order valence-corrected chi connectivity index (χ4v) is 3.51. The summed E-state index contributed by atoms with van der Waals surface area (Å²) in [5.41, 5.74) is 3.16. The van der Waals surface area contributed by atoms with E-state index in [1.807, 2.05) is 18.2 Å². The van der Waals surface area contributed by atoms with Crippen LogP contribution in [0.1, 0.15) is 39.0 Å². The maximum atomic E-state index is 12.8. The van der Waals surface area contributed by atoms with Gasteiger partial charge in [-0.3, -0.25) is 9.59 Å². The summed E-state index contributed by atoms with van der Waals surface area (Å²) in [4.78, 5) is 38.9. The summed E-state index contributed by atoms with van der Waals surface area (Å²) < 4.78 is 10.4. The van der Waals surface area contributed by atoms with Crippen LogP contribution in [0.25, 0.3) is 0 Å². The zero-order chi connectivity index (χ0) is 21.8. The Morgan fingerprint density at radius 2 is 1.74 bits per heavy atom. The summed E-state index contributed by atoms with van der Waals surface area (Å²) in [5.74, 6) is -1.01. The number of furan rings is 1. The summed E-state index contributed by atoms with van der Waals surface area (Å²) in [7, 11) is 0. The highest BCUT2D eigenvalue weighted by Crippen LogP contribution is 2.20. The molecule has 0 spiro atoms. The molecule has 1 aromatic heterocycles. The number of esters is 1. The minimum atomic E-state index is -0.893. The van der Waals surface area contributed by atoms with Crippen molar-refractivity contribution in [3.63, 3.8) is 0 Å². The Kier molecular flexibility index (Phi) is 5.84. The number of amides is 2. The first-order valence-electron chi connectivity index (χ1n) is 10.0. The average Bonchev–Trinajstić information content (AvgIpc) is 3.34. The summed E-state index contributed by atoms with van der Waals surface area (Å²) in [6.07, 6.45) is 1.31. The van der Waals surface area contributed by atoms with Gasteiger partial charge in [-0.25, -0.2) is 4.79 Å². The van der Waals surface area contributed by atoms with E-state index in [-0.39, 0.29) is 17.6 Å². The maximum absolute atomic E-state index is 12.8. The lowest BCUT2D eigenvalue weighted by Crippen LogP contribution is -2.42. The van der Waals surface area contributed by atoms with Gasteiger partial charge in [0.25, 0.3) is 11.8 Å². The molecule has 4 rings (SSSR count). The molecular weight excluding hydrogens is 396 g/mol. The van der Waals surface area contributed by atoms with Crippen LogP contribution in [-0.2, 0) is 22.5 Å². The van der Waals surface area contributed by atoms with Gasteiger partial charge in [-0.15, -0.1) is 0 Å². The third kappa shape index (κ3) is 4.66. The van der Waals surface area contributed by atoms with Crippen LogP contribution in [0.4, 0.5) is 5.69 Å². The van der Waals surface area contributed by atoms with Gasteiger partial charge in [-0.05, 0) is 60.9 Å². The Hall–Kier alpha value is -3.87. The Labute approximate surface area is 179 Å². The molecule has 1 unspecified atom stereocenters. The average molecular weight is 418 g/mol. The largest absolute Gasteiger partial charge is 0.459 e. The van der Waals surface area contributed by atoms with E-state index in [4.69, 9.17) is 9.15 Å². The molecule has 31 heavy (non-hydrogen) atoms. The third-order valence-electron chi connectivity index (χ3n) is 5.20. The molecule has 7 nitrogen and oxygen atoms in total. The van der Waals surface area contributed by atoms with Gasteiger partial charge in [0.2, 0.25) is 0 Å². The number of nitrogens with one attached hydrogen (secondary N) is 1. The number of hydrogen-bond donors (Lipinski definition) is 1. The second-order valence-electron chi connectivity index (χ2n) is 7.33. The lowest BCUT2D eigenvalue weighted by atomic mass is 9.99. The minimum Gasteiger partial charge on any atom is -0.459 e. The third-order valence-corrected chi connectivity index (χ3v) is 5.20. The Balaban J connectivity index is 1.33. The van der Waals surface area contributed by atoms with Crippen LogP contribution in [0.5, 0.6) is 0 Å². The first kappa shape index (κ1) is 20.4. The lowest BCUT2D eigenvalue weighted by Gasteiger charge is -2.30. The van der Waals surface area contributed by atoms with Gasteiger partial charge in [-0.1, -0.05) is 24.3 Å². The van der Waals surface area contributed by atoms with E-state index in [0.717, 1.165) is 12.0 Å². The fourth-order valence-electron chi connectivity index (χ4n) is 3.51. The zero-order valence-corrected chi connectivity index (χ0v) is 17.0. The Bertz CT molecular complexity index is 1090. The molecule has 0 fully saturated rings. The van der Waals surface area contributed by atoms with Gasteiger partial charge in [0.05, 0.1) is 11.8 Å². The number of nitrogens with zero attached hydrogens (tertiary/aromatic N) is 1. The normalized spacial score (nSPS) is 13.8. The van der Waals surface area contributed by atoms with Crippen LogP contribution >= 0.6 is 0 Å². The van der Waals surface area contributed by atoms with Gasteiger partial charge in [0.1, 0.15) is 0 Å². The van der Waals surface area contributed by atoms with Gasteiger partial charge in [-0.2, -0.15) is 0 Å². The molecule has 1 atom stereocenters. The molecule has 1 N–H and O–H groups in total.